The first kappa shape index (κ1) is 19.8. The maximum absolute atomic E-state index is 12.9. The molecule has 1 saturated carbocycles. The van der Waals surface area contributed by atoms with Gasteiger partial charge in [0, 0.05) is 19.3 Å². The number of fused-ring (bicyclic) bond motifs is 1. The predicted molar refractivity (Wildman–Crippen MR) is 120 cm³/mol. The molecule has 1 aliphatic carbocycles. The van der Waals surface area contributed by atoms with Gasteiger partial charge in [0.25, 0.3) is 5.91 Å². The predicted octanol–water partition coefficient (Wildman–Crippen LogP) is 3.19. The summed E-state index contributed by atoms with van der Waals surface area (Å²) in [5.41, 5.74) is 3.23. The van der Waals surface area contributed by atoms with E-state index in [2.05, 4.69) is 46.2 Å². The number of carbonyl (C=O) groups excluding carboxylic acids is 1. The maximum atomic E-state index is 12.9. The molecule has 0 bridgehead atoms. The molecular weight excluding hydrogens is 423 g/mol. The lowest BCUT2D eigenvalue weighted by atomic mass is 9.95. The Morgan fingerprint density at radius 3 is 2.82 bits per heavy atom. The Morgan fingerprint density at radius 2 is 2.00 bits per heavy atom. The molecule has 2 fully saturated rings. The van der Waals surface area contributed by atoms with Crippen LogP contribution in [-0.4, -0.2) is 48.9 Å². The Hall–Kier alpha value is -3.82. The van der Waals surface area contributed by atoms with Crippen LogP contribution in [0.2, 0.25) is 0 Å². The highest BCUT2D eigenvalue weighted by Crippen LogP contribution is 2.52. The van der Waals surface area contributed by atoms with Crippen molar-refractivity contribution in [3.05, 3.63) is 54.3 Å². The lowest BCUT2D eigenvalue weighted by molar-refractivity contribution is 0.0949. The van der Waals surface area contributed by atoms with Gasteiger partial charge in [-0.15, -0.1) is 0 Å². The molecule has 1 amide bonds. The number of nitrogens with one attached hydrogen (secondary N) is 3. The van der Waals surface area contributed by atoms with Gasteiger partial charge >= 0.3 is 0 Å². The van der Waals surface area contributed by atoms with E-state index in [1.807, 2.05) is 0 Å². The summed E-state index contributed by atoms with van der Waals surface area (Å²) in [6, 6.07) is 4.60. The smallest absolute Gasteiger partial charge is 0.253 e. The maximum Gasteiger partial charge on any atom is 0.253 e. The van der Waals surface area contributed by atoms with E-state index >= 15 is 0 Å². The number of rotatable bonds is 5. The largest absolute Gasteiger partial charge is 0.355 e. The van der Waals surface area contributed by atoms with Crippen LogP contribution >= 0.6 is 0 Å². The first-order valence-corrected chi connectivity index (χ1v) is 11.1. The van der Waals surface area contributed by atoms with Crippen LogP contribution in [0.3, 0.4) is 0 Å². The molecule has 1 spiro atoms. The van der Waals surface area contributed by atoms with Gasteiger partial charge in [-0.3, -0.25) is 4.79 Å². The number of nitrogens with zero attached hydrogens (tertiary/aromatic N) is 5. The second kappa shape index (κ2) is 7.65. The third-order valence-corrected chi connectivity index (χ3v) is 6.65. The van der Waals surface area contributed by atoms with Crippen molar-refractivity contribution in [2.45, 2.75) is 32.2 Å². The fourth-order valence-corrected chi connectivity index (χ4v) is 4.66. The van der Waals surface area contributed by atoms with Crippen LogP contribution in [0.4, 0.5) is 10.2 Å². The zero-order valence-corrected chi connectivity index (χ0v) is 17.9. The first-order chi connectivity index (χ1) is 16.1. The molecule has 0 atom stereocenters. The normalized spacial score (nSPS) is 16.9. The average molecular weight is 446 g/mol. The third-order valence-electron chi connectivity index (χ3n) is 6.65. The number of piperidine rings is 1. The molecule has 6 rings (SSSR count). The zero-order chi connectivity index (χ0) is 22.4. The standard InChI is InChI=1S/C23H23FN8O/c24-18-3-2-14(9-25-18)22(33)27-11-19-26-10-17(30-19)16-8-15-20(31-16)28-13-29-21(15)32-7-1-4-23(12-32)5-6-23/h2-3,8-10,13H,1,4-7,11-12H2,(H,26,30)(H,27,33)(H,28,29,31). The highest BCUT2D eigenvalue weighted by atomic mass is 19.1. The molecule has 4 aromatic heterocycles. The monoisotopic (exact) mass is 446 g/mol. The SMILES string of the molecule is O=C(NCc1ncc(-c2cc3c(N4CCCC5(CC5)C4)ncnc3[nH]2)[nH]1)c1ccc(F)nc1. The van der Waals surface area contributed by atoms with Crippen LogP contribution < -0.4 is 10.2 Å². The van der Waals surface area contributed by atoms with Gasteiger partial charge in [-0.25, -0.2) is 19.9 Å². The number of aromatic amines is 2. The van der Waals surface area contributed by atoms with E-state index in [0.717, 1.165) is 47.4 Å². The minimum atomic E-state index is -0.624. The Bertz CT molecular complexity index is 1320. The molecule has 168 valence electrons. The first-order valence-electron chi connectivity index (χ1n) is 11.1. The zero-order valence-electron chi connectivity index (χ0n) is 17.9. The summed E-state index contributed by atoms with van der Waals surface area (Å²) in [5.74, 6) is 0.611. The molecule has 5 heterocycles. The Morgan fingerprint density at radius 1 is 1.09 bits per heavy atom. The number of carbonyl (C=O) groups is 1. The molecule has 10 heteroatoms. The van der Waals surface area contributed by atoms with Gasteiger partial charge in [0.15, 0.2) is 0 Å². The molecule has 0 radical (unpaired) electrons. The van der Waals surface area contributed by atoms with E-state index < -0.39 is 5.95 Å². The van der Waals surface area contributed by atoms with Crippen molar-refractivity contribution in [2.75, 3.05) is 18.0 Å². The Balaban J connectivity index is 1.19. The second-order valence-electron chi connectivity index (χ2n) is 8.96. The Labute approximate surface area is 188 Å². The quantitative estimate of drug-likeness (QED) is 0.406. The molecule has 1 saturated heterocycles. The Kier molecular flexibility index (Phi) is 4.60. The van der Waals surface area contributed by atoms with Crippen LogP contribution in [0.5, 0.6) is 0 Å². The summed E-state index contributed by atoms with van der Waals surface area (Å²) >= 11 is 0. The van der Waals surface area contributed by atoms with Crippen LogP contribution in [0.25, 0.3) is 22.4 Å². The van der Waals surface area contributed by atoms with Gasteiger partial charge in [-0.2, -0.15) is 4.39 Å². The van der Waals surface area contributed by atoms with Crippen molar-refractivity contribution in [3.8, 4) is 11.4 Å². The van der Waals surface area contributed by atoms with Crippen LogP contribution in [0.15, 0.2) is 36.9 Å². The minimum absolute atomic E-state index is 0.206. The van der Waals surface area contributed by atoms with E-state index in [-0.39, 0.29) is 18.0 Å². The van der Waals surface area contributed by atoms with Gasteiger partial charge in [-0.1, -0.05) is 0 Å². The van der Waals surface area contributed by atoms with E-state index in [0.29, 0.717) is 11.2 Å². The van der Waals surface area contributed by atoms with E-state index in [1.54, 1.807) is 12.5 Å². The number of imidazole rings is 1. The van der Waals surface area contributed by atoms with Crippen LogP contribution in [0.1, 0.15) is 41.9 Å². The molecule has 0 aromatic carbocycles. The summed E-state index contributed by atoms with van der Waals surface area (Å²) < 4.78 is 12.9. The van der Waals surface area contributed by atoms with Crippen molar-refractivity contribution < 1.29 is 9.18 Å². The van der Waals surface area contributed by atoms with Crippen molar-refractivity contribution >= 4 is 22.8 Å². The topological polar surface area (TPSA) is 115 Å². The van der Waals surface area contributed by atoms with E-state index in [4.69, 9.17) is 0 Å². The fourth-order valence-electron chi connectivity index (χ4n) is 4.66. The highest BCUT2D eigenvalue weighted by molar-refractivity contribution is 5.94. The molecule has 1 aliphatic heterocycles. The van der Waals surface area contributed by atoms with Crippen molar-refractivity contribution in [1.82, 2.24) is 35.2 Å². The molecule has 4 aromatic rings. The minimum Gasteiger partial charge on any atom is -0.355 e. The highest BCUT2D eigenvalue weighted by Gasteiger charge is 2.45. The second-order valence-corrected chi connectivity index (χ2v) is 8.96. The van der Waals surface area contributed by atoms with Crippen molar-refractivity contribution in [2.24, 2.45) is 5.41 Å². The number of halogens is 1. The average Bonchev–Trinajstić information content (AvgIpc) is 3.24. The fraction of sp³-hybridized carbons (Fsp3) is 0.348. The van der Waals surface area contributed by atoms with Gasteiger partial charge in [0.2, 0.25) is 5.95 Å². The molecule has 9 nitrogen and oxygen atoms in total. The summed E-state index contributed by atoms with van der Waals surface area (Å²) in [5, 5.41) is 3.76. The number of hydrogen-bond donors (Lipinski definition) is 3. The molecular formula is C23H23FN8O. The van der Waals surface area contributed by atoms with Crippen molar-refractivity contribution in [1.29, 1.82) is 0 Å². The molecule has 33 heavy (non-hydrogen) atoms. The lowest BCUT2D eigenvalue weighted by Gasteiger charge is -2.34. The number of aromatic nitrogens is 6. The summed E-state index contributed by atoms with van der Waals surface area (Å²) in [7, 11) is 0. The van der Waals surface area contributed by atoms with Gasteiger partial charge < -0.3 is 20.2 Å². The molecule has 2 aliphatic rings. The molecule has 0 unspecified atom stereocenters. The van der Waals surface area contributed by atoms with Gasteiger partial charge in [-0.05, 0) is 49.3 Å². The number of H-pyrrole nitrogens is 2. The van der Waals surface area contributed by atoms with Crippen LogP contribution in [-0.2, 0) is 6.54 Å². The molecule has 3 N–H and O–H groups in total. The summed E-state index contributed by atoms with van der Waals surface area (Å²) in [6.07, 6.45) is 9.70. The summed E-state index contributed by atoms with van der Waals surface area (Å²) in [4.78, 5) is 38.1. The number of anilines is 1. The van der Waals surface area contributed by atoms with E-state index in [1.165, 1.54) is 37.9 Å². The van der Waals surface area contributed by atoms with Gasteiger partial charge in [0.05, 0.1) is 35.1 Å². The van der Waals surface area contributed by atoms with Crippen LogP contribution in [0, 0.1) is 11.4 Å². The number of hydrogen-bond acceptors (Lipinski definition) is 6. The van der Waals surface area contributed by atoms with Gasteiger partial charge in [0.1, 0.15) is 23.6 Å². The van der Waals surface area contributed by atoms with E-state index in [9.17, 15) is 9.18 Å². The van der Waals surface area contributed by atoms with Crippen molar-refractivity contribution in [3.63, 3.8) is 0 Å². The number of pyridine rings is 1. The third kappa shape index (κ3) is 3.81. The number of amides is 1. The lowest BCUT2D eigenvalue weighted by Crippen LogP contribution is -2.37. The summed E-state index contributed by atoms with van der Waals surface area (Å²) in [6.45, 7) is 2.29.